The van der Waals surface area contributed by atoms with E-state index in [0.717, 1.165) is 22.6 Å². The van der Waals surface area contributed by atoms with E-state index in [1.165, 1.54) is 0 Å². The molecule has 122 valence electrons. The number of furan rings is 1. The number of amides is 2. The van der Waals surface area contributed by atoms with Crippen molar-refractivity contribution in [2.75, 3.05) is 5.32 Å². The molecule has 0 spiro atoms. The molecule has 4 nitrogen and oxygen atoms in total. The fourth-order valence-corrected chi connectivity index (χ4v) is 2.43. The second kappa shape index (κ2) is 7.51. The van der Waals surface area contributed by atoms with Crippen molar-refractivity contribution in [1.29, 1.82) is 0 Å². The number of benzene rings is 2. The lowest BCUT2D eigenvalue weighted by molar-refractivity contribution is 0.201. The first kappa shape index (κ1) is 15.9. The first-order valence-electron chi connectivity index (χ1n) is 7.89. The Hall–Kier alpha value is -3.01. The molecule has 0 bridgehead atoms. The molecular formula is C20H20N2O2. The number of nitrogens with zero attached hydrogens (tertiary/aromatic N) is 1. The van der Waals surface area contributed by atoms with Crippen molar-refractivity contribution in [3.05, 3.63) is 89.9 Å². The molecule has 0 saturated carbocycles. The third kappa shape index (κ3) is 4.26. The number of carbonyl (C=O) groups excluding carboxylic acids is 1. The quantitative estimate of drug-likeness (QED) is 0.732. The van der Waals surface area contributed by atoms with E-state index in [4.69, 9.17) is 4.42 Å². The zero-order valence-electron chi connectivity index (χ0n) is 13.6. The lowest BCUT2D eigenvalue weighted by Gasteiger charge is -2.22. The van der Waals surface area contributed by atoms with Crippen molar-refractivity contribution in [2.45, 2.75) is 20.0 Å². The second-order valence-electron chi connectivity index (χ2n) is 5.72. The molecule has 0 atom stereocenters. The zero-order valence-corrected chi connectivity index (χ0v) is 13.6. The van der Waals surface area contributed by atoms with Gasteiger partial charge in [0.25, 0.3) is 0 Å². The van der Waals surface area contributed by atoms with E-state index in [2.05, 4.69) is 5.32 Å². The molecule has 1 aromatic heterocycles. The molecule has 3 aromatic rings. The van der Waals surface area contributed by atoms with Gasteiger partial charge in [-0.2, -0.15) is 0 Å². The average Bonchev–Trinajstić information content (AvgIpc) is 3.10. The number of nitrogens with one attached hydrogen (secondary N) is 1. The second-order valence-corrected chi connectivity index (χ2v) is 5.72. The van der Waals surface area contributed by atoms with Crippen LogP contribution in [0.5, 0.6) is 0 Å². The Morgan fingerprint density at radius 3 is 2.38 bits per heavy atom. The maximum absolute atomic E-state index is 12.7. The number of hydrogen-bond donors (Lipinski definition) is 1. The van der Waals surface area contributed by atoms with Gasteiger partial charge in [0.1, 0.15) is 5.76 Å². The molecular weight excluding hydrogens is 300 g/mol. The Morgan fingerprint density at radius 1 is 0.958 bits per heavy atom. The van der Waals surface area contributed by atoms with Crippen molar-refractivity contribution in [3.8, 4) is 0 Å². The molecule has 0 aliphatic carbocycles. The summed E-state index contributed by atoms with van der Waals surface area (Å²) in [6, 6.07) is 21.2. The standard InChI is InChI=1S/C20H20N2O2/c1-16-9-11-18(12-10-16)21-20(23)22(15-19-8-5-13-24-19)14-17-6-3-2-4-7-17/h2-13H,14-15H2,1H3,(H,21,23). The van der Waals surface area contributed by atoms with Crippen molar-refractivity contribution in [1.82, 2.24) is 4.90 Å². The fourth-order valence-electron chi connectivity index (χ4n) is 2.43. The van der Waals surface area contributed by atoms with Crippen LogP contribution in [-0.2, 0) is 13.1 Å². The minimum Gasteiger partial charge on any atom is -0.467 e. The number of aryl methyl sites for hydroxylation is 1. The Balaban J connectivity index is 1.74. The first-order chi connectivity index (χ1) is 11.7. The molecule has 2 aromatic carbocycles. The summed E-state index contributed by atoms with van der Waals surface area (Å²) in [4.78, 5) is 14.4. The maximum Gasteiger partial charge on any atom is 0.322 e. The summed E-state index contributed by atoms with van der Waals surface area (Å²) in [5.41, 5.74) is 3.01. The smallest absolute Gasteiger partial charge is 0.322 e. The van der Waals surface area contributed by atoms with Gasteiger partial charge in [0.05, 0.1) is 12.8 Å². The van der Waals surface area contributed by atoms with E-state index in [-0.39, 0.29) is 6.03 Å². The van der Waals surface area contributed by atoms with Crippen molar-refractivity contribution in [2.24, 2.45) is 0 Å². The molecule has 0 fully saturated rings. The predicted octanol–water partition coefficient (Wildman–Crippen LogP) is 4.82. The van der Waals surface area contributed by atoms with Crippen LogP contribution in [0.3, 0.4) is 0 Å². The summed E-state index contributed by atoms with van der Waals surface area (Å²) in [6.07, 6.45) is 1.62. The van der Waals surface area contributed by atoms with E-state index in [9.17, 15) is 4.79 Å². The van der Waals surface area contributed by atoms with E-state index >= 15 is 0 Å². The highest BCUT2D eigenvalue weighted by molar-refractivity contribution is 5.89. The lowest BCUT2D eigenvalue weighted by Crippen LogP contribution is -2.33. The monoisotopic (exact) mass is 320 g/mol. The molecule has 4 heteroatoms. The van der Waals surface area contributed by atoms with Gasteiger partial charge in [0, 0.05) is 12.2 Å². The molecule has 0 aliphatic heterocycles. The topological polar surface area (TPSA) is 45.5 Å². The Labute approximate surface area is 141 Å². The van der Waals surface area contributed by atoms with Gasteiger partial charge in [-0.3, -0.25) is 0 Å². The highest BCUT2D eigenvalue weighted by Gasteiger charge is 2.16. The average molecular weight is 320 g/mol. The summed E-state index contributed by atoms with van der Waals surface area (Å²) in [5, 5.41) is 2.95. The largest absolute Gasteiger partial charge is 0.467 e. The summed E-state index contributed by atoms with van der Waals surface area (Å²) in [5.74, 6) is 0.755. The van der Waals surface area contributed by atoms with Crippen LogP contribution in [0.1, 0.15) is 16.9 Å². The van der Waals surface area contributed by atoms with Crippen LogP contribution in [0.25, 0.3) is 0 Å². The van der Waals surface area contributed by atoms with Crippen LogP contribution >= 0.6 is 0 Å². The van der Waals surface area contributed by atoms with Gasteiger partial charge in [-0.1, -0.05) is 48.0 Å². The maximum atomic E-state index is 12.7. The van der Waals surface area contributed by atoms with Gasteiger partial charge in [-0.05, 0) is 36.8 Å². The predicted molar refractivity (Wildman–Crippen MR) is 94.6 cm³/mol. The minimum atomic E-state index is -0.154. The van der Waals surface area contributed by atoms with Crippen LogP contribution in [0.4, 0.5) is 10.5 Å². The number of carbonyl (C=O) groups is 1. The molecule has 0 saturated heterocycles. The van der Waals surface area contributed by atoms with E-state index < -0.39 is 0 Å². The Bertz CT molecular complexity index is 765. The SMILES string of the molecule is Cc1ccc(NC(=O)N(Cc2ccccc2)Cc2ccco2)cc1. The van der Waals surface area contributed by atoms with E-state index in [0.29, 0.717) is 13.1 Å². The Kier molecular flexibility index (Phi) is 4.96. The lowest BCUT2D eigenvalue weighted by atomic mass is 10.2. The van der Waals surface area contributed by atoms with Crippen LogP contribution in [0.15, 0.2) is 77.4 Å². The van der Waals surface area contributed by atoms with Crippen LogP contribution in [-0.4, -0.2) is 10.9 Å². The van der Waals surface area contributed by atoms with Gasteiger partial charge in [0.2, 0.25) is 0 Å². The molecule has 2 amide bonds. The summed E-state index contributed by atoms with van der Waals surface area (Å²) in [6.45, 7) is 2.95. The molecule has 0 aliphatic rings. The third-order valence-corrected chi connectivity index (χ3v) is 3.73. The third-order valence-electron chi connectivity index (χ3n) is 3.73. The number of anilines is 1. The molecule has 1 N–H and O–H groups in total. The van der Waals surface area contributed by atoms with Gasteiger partial charge in [-0.15, -0.1) is 0 Å². The summed E-state index contributed by atoms with van der Waals surface area (Å²) in [7, 11) is 0. The van der Waals surface area contributed by atoms with Gasteiger partial charge < -0.3 is 14.6 Å². The number of urea groups is 1. The molecule has 0 radical (unpaired) electrons. The van der Waals surface area contributed by atoms with Crippen LogP contribution in [0.2, 0.25) is 0 Å². The highest BCUT2D eigenvalue weighted by atomic mass is 16.3. The van der Waals surface area contributed by atoms with Gasteiger partial charge >= 0.3 is 6.03 Å². The highest BCUT2D eigenvalue weighted by Crippen LogP contribution is 2.14. The normalized spacial score (nSPS) is 10.4. The number of rotatable bonds is 5. The van der Waals surface area contributed by atoms with Crippen molar-refractivity contribution in [3.63, 3.8) is 0 Å². The van der Waals surface area contributed by atoms with E-state index in [1.54, 1.807) is 11.2 Å². The van der Waals surface area contributed by atoms with Gasteiger partial charge in [-0.25, -0.2) is 4.79 Å². The van der Waals surface area contributed by atoms with Crippen molar-refractivity contribution >= 4 is 11.7 Å². The number of hydrogen-bond acceptors (Lipinski definition) is 2. The molecule has 24 heavy (non-hydrogen) atoms. The Morgan fingerprint density at radius 2 is 1.71 bits per heavy atom. The fraction of sp³-hybridized carbons (Fsp3) is 0.150. The summed E-state index contributed by atoms with van der Waals surface area (Å²) >= 11 is 0. The van der Waals surface area contributed by atoms with Crippen LogP contribution < -0.4 is 5.32 Å². The summed E-state index contributed by atoms with van der Waals surface area (Å²) < 4.78 is 5.40. The van der Waals surface area contributed by atoms with E-state index in [1.807, 2.05) is 73.7 Å². The molecule has 1 heterocycles. The van der Waals surface area contributed by atoms with Gasteiger partial charge in [0.15, 0.2) is 0 Å². The zero-order chi connectivity index (χ0) is 16.8. The molecule has 3 rings (SSSR count). The van der Waals surface area contributed by atoms with Crippen LogP contribution in [0, 0.1) is 6.92 Å². The molecule has 0 unspecified atom stereocenters. The van der Waals surface area contributed by atoms with Crippen molar-refractivity contribution < 1.29 is 9.21 Å². The first-order valence-corrected chi connectivity index (χ1v) is 7.89. The minimum absolute atomic E-state index is 0.154.